The molecule has 0 fully saturated rings. The van der Waals surface area contributed by atoms with Crippen molar-refractivity contribution in [1.82, 2.24) is 5.32 Å². The van der Waals surface area contributed by atoms with Crippen molar-refractivity contribution in [2.75, 3.05) is 32.7 Å². The SMILES string of the molecule is COc1cc(OC)c(NC(=O)COC(=O)CCCNC(=O)c2ccco2)cc1Cl. The largest absolute Gasteiger partial charge is 0.495 e. The predicted molar refractivity (Wildman–Crippen MR) is 104 cm³/mol. The minimum atomic E-state index is -0.563. The Balaban J connectivity index is 1.71. The van der Waals surface area contributed by atoms with Gasteiger partial charge in [-0.05, 0) is 24.6 Å². The van der Waals surface area contributed by atoms with E-state index < -0.39 is 18.5 Å². The first-order chi connectivity index (χ1) is 13.9. The third kappa shape index (κ3) is 6.72. The van der Waals surface area contributed by atoms with Crippen molar-refractivity contribution < 1.29 is 33.0 Å². The Hall–Kier alpha value is -3.20. The molecule has 0 aliphatic heterocycles. The van der Waals surface area contributed by atoms with Crippen molar-refractivity contribution in [3.63, 3.8) is 0 Å². The molecule has 0 saturated heterocycles. The van der Waals surface area contributed by atoms with Crippen molar-refractivity contribution >= 4 is 35.1 Å². The number of hydrogen-bond donors (Lipinski definition) is 2. The normalized spacial score (nSPS) is 10.2. The van der Waals surface area contributed by atoms with Gasteiger partial charge in [-0.15, -0.1) is 0 Å². The van der Waals surface area contributed by atoms with Crippen LogP contribution in [-0.2, 0) is 14.3 Å². The van der Waals surface area contributed by atoms with Gasteiger partial charge < -0.3 is 29.3 Å². The fraction of sp³-hybridized carbons (Fsp3) is 0.316. The summed E-state index contributed by atoms with van der Waals surface area (Å²) in [6.07, 6.45) is 1.80. The second-order valence-corrected chi connectivity index (χ2v) is 6.14. The van der Waals surface area contributed by atoms with Gasteiger partial charge in [-0.25, -0.2) is 0 Å². The number of carbonyl (C=O) groups is 3. The zero-order chi connectivity index (χ0) is 21.2. The van der Waals surface area contributed by atoms with Crippen molar-refractivity contribution in [2.24, 2.45) is 0 Å². The third-order valence-electron chi connectivity index (χ3n) is 3.70. The number of nitrogens with one attached hydrogen (secondary N) is 2. The van der Waals surface area contributed by atoms with E-state index in [9.17, 15) is 14.4 Å². The molecule has 0 atom stereocenters. The molecule has 0 aliphatic rings. The second-order valence-electron chi connectivity index (χ2n) is 5.73. The van der Waals surface area contributed by atoms with Gasteiger partial charge in [0.1, 0.15) is 11.5 Å². The number of anilines is 1. The lowest BCUT2D eigenvalue weighted by Gasteiger charge is -2.13. The van der Waals surface area contributed by atoms with Crippen LogP contribution >= 0.6 is 11.6 Å². The Morgan fingerprint density at radius 3 is 2.55 bits per heavy atom. The highest BCUT2D eigenvalue weighted by Crippen LogP contribution is 2.35. The molecular formula is C19H21ClN2O7. The molecule has 2 aromatic rings. The number of ether oxygens (including phenoxy) is 3. The van der Waals surface area contributed by atoms with Gasteiger partial charge >= 0.3 is 5.97 Å². The summed E-state index contributed by atoms with van der Waals surface area (Å²) in [6, 6.07) is 6.14. The van der Waals surface area contributed by atoms with Crippen molar-refractivity contribution in [3.8, 4) is 11.5 Å². The van der Waals surface area contributed by atoms with E-state index in [1.807, 2.05) is 0 Å². The maximum absolute atomic E-state index is 12.0. The molecule has 0 spiro atoms. The van der Waals surface area contributed by atoms with Crippen LogP contribution < -0.4 is 20.1 Å². The first-order valence-corrected chi connectivity index (χ1v) is 9.01. The third-order valence-corrected chi connectivity index (χ3v) is 4.00. The number of hydrogen-bond acceptors (Lipinski definition) is 7. The van der Waals surface area contributed by atoms with Crippen LogP contribution in [0, 0.1) is 0 Å². The summed E-state index contributed by atoms with van der Waals surface area (Å²) in [6.45, 7) is -0.202. The lowest BCUT2D eigenvalue weighted by atomic mass is 10.2. The average molecular weight is 425 g/mol. The Morgan fingerprint density at radius 2 is 1.90 bits per heavy atom. The van der Waals surface area contributed by atoms with Gasteiger partial charge in [0.25, 0.3) is 11.8 Å². The Labute approximate surface area is 172 Å². The summed E-state index contributed by atoms with van der Waals surface area (Å²) in [5, 5.41) is 5.46. The molecule has 29 heavy (non-hydrogen) atoms. The minimum absolute atomic E-state index is 0.0450. The van der Waals surface area contributed by atoms with E-state index in [2.05, 4.69) is 10.6 Å². The molecule has 2 N–H and O–H groups in total. The van der Waals surface area contributed by atoms with E-state index >= 15 is 0 Å². The molecule has 156 valence electrons. The van der Waals surface area contributed by atoms with E-state index in [0.29, 0.717) is 23.6 Å². The molecule has 0 bridgehead atoms. The van der Waals surface area contributed by atoms with E-state index in [0.717, 1.165) is 0 Å². The highest BCUT2D eigenvalue weighted by molar-refractivity contribution is 6.32. The number of esters is 1. The summed E-state index contributed by atoms with van der Waals surface area (Å²) >= 11 is 6.04. The van der Waals surface area contributed by atoms with Crippen LogP contribution in [0.3, 0.4) is 0 Å². The molecule has 2 amide bonds. The highest BCUT2D eigenvalue weighted by Gasteiger charge is 2.14. The molecule has 0 aliphatic carbocycles. The standard InChI is InChI=1S/C19H21ClN2O7/c1-26-15-10-16(27-2)13(9-12(15)20)22-17(23)11-29-18(24)6-3-7-21-19(25)14-5-4-8-28-14/h4-5,8-10H,3,6-7,11H2,1-2H3,(H,21,25)(H,22,23). The Kier molecular flexibility index (Phi) is 8.35. The zero-order valence-electron chi connectivity index (χ0n) is 16.0. The van der Waals surface area contributed by atoms with Gasteiger partial charge in [-0.2, -0.15) is 0 Å². The van der Waals surface area contributed by atoms with E-state index in [-0.39, 0.29) is 29.7 Å². The lowest BCUT2D eigenvalue weighted by molar-refractivity contribution is -0.147. The van der Waals surface area contributed by atoms with E-state index in [1.165, 1.54) is 38.7 Å². The number of benzene rings is 1. The van der Waals surface area contributed by atoms with Crippen molar-refractivity contribution in [2.45, 2.75) is 12.8 Å². The number of methoxy groups -OCH3 is 2. The van der Waals surface area contributed by atoms with Crippen LogP contribution in [0.25, 0.3) is 0 Å². The number of halogens is 1. The summed E-state index contributed by atoms with van der Waals surface area (Å²) in [4.78, 5) is 35.4. The number of amides is 2. The number of furan rings is 1. The number of carbonyl (C=O) groups excluding carboxylic acids is 3. The molecule has 0 radical (unpaired) electrons. The molecule has 1 aromatic carbocycles. The lowest BCUT2D eigenvalue weighted by Crippen LogP contribution is -2.25. The molecule has 9 nitrogen and oxygen atoms in total. The first kappa shape index (κ1) is 22.1. The molecule has 1 aromatic heterocycles. The second kappa shape index (κ2) is 11.0. The predicted octanol–water partition coefficient (Wildman–Crippen LogP) is 2.64. The zero-order valence-corrected chi connectivity index (χ0v) is 16.7. The maximum atomic E-state index is 12.0. The topological polar surface area (TPSA) is 116 Å². The fourth-order valence-electron chi connectivity index (χ4n) is 2.29. The van der Waals surface area contributed by atoms with Crippen LogP contribution in [0.2, 0.25) is 5.02 Å². The smallest absolute Gasteiger partial charge is 0.306 e. The summed E-state index contributed by atoms with van der Waals surface area (Å²) in [5.74, 6) is -0.547. The van der Waals surface area contributed by atoms with Gasteiger partial charge in [0, 0.05) is 19.0 Å². The molecule has 1 heterocycles. The monoisotopic (exact) mass is 424 g/mol. The first-order valence-electron chi connectivity index (χ1n) is 8.63. The Morgan fingerprint density at radius 1 is 1.14 bits per heavy atom. The van der Waals surface area contributed by atoms with Gasteiger partial charge in [0.05, 0.1) is 31.2 Å². The fourth-order valence-corrected chi connectivity index (χ4v) is 2.53. The summed E-state index contributed by atoms with van der Waals surface area (Å²) < 4.78 is 20.1. The van der Waals surface area contributed by atoms with Crippen LogP contribution in [0.4, 0.5) is 5.69 Å². The van der Waals surface area contributed by atoms with Crippen LogP contribution in [0.5, 0.6) is 11.5 Å². The molecule has 0 unspecified atom stereocenters. The minimum Gasteiger partial charge on any atom is -0.495 e. The van der Waals surface area contributed by atoms with E-state index in [1.54, 1.807) is 6.07 Å². The number of rotatable bonds is 10. The van der Waals surface area contributed by atoms with Gasteiger partial charge in [0.2, 0.25) is 0 Å². The van der Waals surface area contributed by atoms with Crippen LogP contribution in [0.1, 0.15) is 23.4 Å². The molecule has 2 rings (SSSR count). The van der Waals surface area contributed by atoms with E-state index in [4.69, 9.17) is 30.2 Å². The van der Waals surface area contributed by atoms with Gasteiger partial charge in [0.15, 0.2) is 12.4 Å². The quantitative estimate of drug-likeness (QED) is 0.445. The Bertz CT molecular complexity index is 852. The van der Waals surface area contributed by atoms with Crippen LogP contribution in [0.15, 0.2) is 34.9 Å². The average Bonchev–Trinajstić information content (AvgIpc) is 3.25. The maximum Gasteiger partial charge on any atom is 0.306 e. The summed E-state index contributed by atoms with van der Waals surface area (Å²) in [7, 11) is 2.89. The van der Waals surface area contributed by atoms with Gasteiger partial charge in [-0.1, -0.05) is 11.6 Å². The highest BCUT2D eigenvalue weighted by atomic mass is 35.5. The molecular weight excluding hydrogens is 404 g/mol. The van der Waals surface area contributed by atoms with Crippen LogP contribution in [-0.4, -0.2) is 45.2 Å². The molecule has 0 saturated carbocycles. The summed E-state index contributed by atoms with van der Waals surface area (Å²) in [5.41, 5.74) is 0.319. The van der Waals surface area contributed by atoms with Gasteiger partial charge in [-0.3, -0.25) is 14.4 Å². The van der Waals surface area contributed by atoms with Crippen molar-refractivity contribution in [1.29, 1.82) is 0 Å². The molecule has 10 heteroatoms. The van der Waals surface area contributed by atoms with Crippen molar-refractivity contribution in [3.05, 3.63) is 41.3 Å².